The molecule has 0 bridgehead atoms. The predicted octanol–water partition coefficient (Wildman–Crippen LogP) is 2.82. The second kappa shape index (κ2) is 7.54. The molecular formula is C18H20BrFN4O4S. The summed E-state index contributed by atoms with van der Waals surface area (Å²) in [5.41, 5.74) is 6.35. The molecule has 11 heteroatoms. The standard InChI is InChI=1S/C18H20BrFN4O4S/c1-18(2,3)29(26,27)14-9-24-12(10-6-11(19)17(21)23-16(10)20)8-22-15(24)7-13(14)28-5-4-25/h6-9,25H,4-5H2,1-3H3,(H2,21,23). The van der Waals surface area contributed by atoms with Crippen molar-refractivity contribution in [1.82, 2.24) is 14.4 Å². The van der Waals surface area contributed by atoms with Crippen molar-refractivity contribution in [2.45, 2.75) is 30.4 Å². The van der Waals surface area contributed by atoms with Gasteiger partial charge in [0.15, 0.2) is 9.84 Å². The van der Waals surface area contributed by atoms with Crippen LogP contribution in [-0.4, -0.2) is 45.9 Å². The third-order valence-electron chi connectivity index (χ3n) is 4.25. The van der Waals surface area contributed by atoms with Crippen LogP contribution in [0.4, 0.5) is 10.2 Å². The Morgan fingerprint density at radius 2 is 2.03 bits per heavy atom. The average molecular weight is 487 g/mol. The second-order valence-electron chi connectivity index (χ2n) is 7.26. The fourth-order valence-electron chi connectivity index (χ4n) is 2.65. The molecule has 0 unspecified atom stereocenters. The SMILES string of the molecule is CC(C)(C)S(=O)(=O)c1cn2c(-c3cc(Br)c(N)nc3F)cnc2cc1OCCO. The molecule has 8 nitrogen and oxygen atoms in total. The van der Waals surface area contributed by atoms with Gasteiger partial charge in [-0.05, 0) is 42.8 Å². The van der Waals surface area contributed by atoms with Crippen molar-refractivity contribution in [3.05, 3.63) is 34.9 Å². The zero-order valence-electron chi connectivity index (χ0n) is 16.0. The van der Waals surface area contributed by atoms with Crippen LogP contribution in [0.2, 0.25) is 0 Å². The Balaban J connectivity index is 2.31. The topological polar surface area (TPSA) is 120 Å². The van der Waals surface area contributed by atoms with Crippen molar-refractivity contribution >= 4 is 37.2 Å². The summed E-state index contributed by atoms with van der Waals surface area (Å²) in [5, 5.41) is 9.07. The van der Waals surface area contributed by atoms with E-state index in [0.29, 0.717) is 15.8 Å². The number of aromatic nitrogens is 3. The largest absolute Gasteiger partial charge is 0.490 e. The maximum absolute atomic E-state index is 14.5. The highest BCUT2D eigenvalue weighted by atomic mass is 79.9. The normalized spacial score (nSPS) is 12.5. The molecule has 0 saturated heterocycles. The first-order chi connectivity index (χ1) is 13.5. The first-order valence-electron chi connectivity index (χ1n) is 8.58. The summed E-state index contributed by atoms with van der Waals surface area (Å²) in [6.45, 7) is 4.34. The van der Waals surface area contributed by atoms with Gasteiger partial charge in [0.1, 0.15) is 28.7 Å². The summed E-state index contributed by atoms with van der Waals surface area (Å²) in [4.78, 5) is 7.79. The molecule has 0 aromatic carbocycles. The quantitative estimate of drug-likeness (QED) is 0.531. The molecule has 0 aliphatic heterocycles. The highest BCUT2D eigenvalue weighted by Crippen LogP contribution is 2.35. The lowest BCUT2D eigenvalue weighted by Crippen LogP contribution is -2.28. The van der Waals surface area contributed by atoms with Gasteiger partial charge in [-0.25, -0.2) is 18.4 Å². The van der Waals surface area contributed by atoms with E-state index in [1.165, 1.54) is 28.9 Å². The van der Waals surface area contributed by atoms with E-state index in [2.05, 4.69) is 25.9 Å². The van der Waals surface area contributed by atoms with Crippen molar-refractivity contribution < 1.29 is 22.7 Å². The van der Waals surface area contributed by atoms with Crippen LogP contribution in [0.1, 0.15) is 20.8 Å². The third-order valence-corrected chi connectivity index (χ3v) is 7.39. The first-order valence-corrected chi connectivity index (χ1v) is 10.9. The number of nitrogens with two attached hydrogens (primary N) is 1. The van der Waals surface area contributed by atoms with E-state index in [4.69, 9.17) is 15.6 Å². The number of pyridine rings is 2. The van der Waals surface area contributed by atoms with Crippen LogP contribution in [0.5, 0.6) is 5.75 Å². The highest BCUT2D eigenvalue weighted by molar-refractivity contribution is 9.10. The van der Waals surface area contributed by atoms with Gasteiger partial charge in [0, 0.05) is 12.3 Å². The third kappa shape index (κ3) is 3.81. The molecule has 0 radical (unpaired) electrons. The molecule has 0 atom stereocenters. The monoisotopic (exact) mass is 486 g/mol. The van der Waals surface area contributed by atoms with Crippen LogP contribution in [0.15, 0.2) is 33.9 Å². The highest BCUT2D eigenvalue weighted by Gasteiger charge is 2.34. The van der Waals surface area contributed by atoms with Gasteiger partial charge in [-0.3, -0.25) is 4.40 Å². The van der Waals surface area contributed by atoms with Gasteiger partial charge in [-0.1, -0.05) is 0 Å². The van der Waals surface area contributed by atoms with Crippen molar-refractivity contribution in [1.29, 1.82) is 0 Å². The molecule has 0 fully saturated rings. The number of nitrogens with zero attached hydrogens (tertiary/aromatic N) is 3. The Morgan fingerprint density at radius 3 is 2.66 bits per heavy atom. The van der Waals surface area contributed by atoms with Crippen molar-refractivity contribution in [2.24, 2.45) is 0 Å². The summed E-state index contributed by atoms with van der Waals surface area (Å²) in [6.07, 6.45) is 2.75. The van der Waals surface area contributed by atoms with E-state index in [0.717, 1.165) is 0 Å². The molecule has 0 saturated carbocycles. The van der Waals surface area contributed by atoms with Crippen LogP contribution in [0.25, 0.3) is 16.9 Å². The number of hydrogen-bond acceptors (Lipinski definition) is 7. The lowest BCUT2D eigenvalue weighted by Gasteiger charge is -2.21. The maximum atomic E-state index is 14.5. The molecule has 156 valence electrons. The van der Waals surface area contributed by atoms with Gasteiger partial charge < -0.3 is 15.6 Å². The van der Waals surface area contributed by atoms with Gasteiger partial charge in [0.2, 0.25) is 5.95 Å². The van der Waals surface area contributed by atoms with Gasteiger partial charge in [-0.15, -0.1) is 0 Å². The minimum Gasteiger partial charge on any atom is -0.490 e. The number of nitrogen functional groups attached to an aromatic ring is 1. The zero-order valence-corrected chi connectivity index (χ0v) is 18.4. The van der Waals surface area contributed by atoms with Crippen molar-refractivity contribution in [2.75, 3.05) is 18.9 Å². The lowest BCUT2D eigenvalue weighted by atomic mass is 10.2. The second-order valence-corrected chi connectivity index (χ2v) is 10.8. The predicted molar refractivity (Wildman–Crippen MR) is 110 cm³/mol. The number of anilines is 1. The van der Waals surface area contributed by atoms with E-state index in [9.17, 15) is 12.8 Å². The van der Waals surface area contributed by atoms with Crippen LogP contribution < -0.4 is 10.5 Å². The Hall–Kier alpha value is -2.24. The number of sulfone groups is 1. The number of hydrogen-bond donors (Lipinski definition) is 2. The van der Waals surface area contributed by atoms with Crippen molar-refractivity contribution in [3.8, 4) is 17.0 Å². The van der Waals surface area contributed by atoms with Gasteiger partial charge in [0.25, 0.3) is 0 Å². The molecule has 0 aliphatic carbocycles. The number of halogens is 2. The van der Waals surface area contributed by atoms with Crippen LogP contribution in [-0.2, 0) is 9.84 Å². The zero-order chi connectivity index (χ0) is 21.6. The van der Waals surface area contributed by atoms with E-state index in [-0.39, 0.29) is 35.2 Å². The Bertz CT molecular complexity index is 1190. The fraction of sp³-hybridized carbons (Fsp3) is 0.333. The van der Waals surface area contributed by atoms with Crippen molar-refractivity contribution in [3.63, 3.8) is 0 Å². The summed E-state index contributed by atoms with van der Waals surface area (Å²) < 4.78 is 46.9. The number of ether oxygens (including phenoxy) is 1. The molecule has 0 amide bonds. The molecule has 3 aromatic rings. The van der Waals surface area contributed by atoms with Crippen LogP contribution in [0, 0.1) is 5.95 Å². The Morgan fingerprint density at radius 1 is 1.34 bits per heavy atom. The van der Waals surface area contributed by atoms with E-state index < -0.39 is 20.5 Å². The molecular weight excluding hydrogens is 467 g/mol. The summed E-state index contributed by atoms with van der Waals surface area (Å²) in [6, 6.07) is 2.89. The molecule has 29 heavy (non-hydrogen) atoms. The molecule has 0 aliphatic rings. The van der Waals surface area contributed by atoms with E-state index in [1.807, 2.05) is 0 Å². The summed E-state index contributed by atoms with van der Waals surface area (Å²) >= 11 is 3.22. The van der Waals surface area contributed by atoms with Gasteiger partial charge >= 0.3 is 0 Å². The van der Waals surface area contributed by atoms with Gasteiger partial charge in [0.05, 0.1) is 33.3 Å². The number of imidazole rings is 1. The average Bonchev–Trinajstić information content (AvgIpc) is 3.03. The summed E-state index contributed by atoms with van der Waals surface area (Å²) in [5.74, 6) is -0.750. The number of aliphatic hydroxyl groups is 1. The van der Waals surface area contributed by atoms with Crippen LogP contribution in [0.3, 0.4) is 0 Å². The Kier molecular flexibility index (Phi) is 5.58. The first kappa shape index (κ1) is 21.5. The van der Waals surface area contributed by atoms with E-state index >= 15 is 0 Å². The molecule has 3 aromatic heterocycles. The van der Waals surface area contributed by atoms with Gasteiger partial charge in [-0.2, -0.15) is 4.39 Å². The molecule has 0 spiro atoms. The number of aliphatic hydroxyl groups excluding tert-OH is 1. The van der Waals surface area contributed by atoms with E-state index in [1.54, 1.807) is 20.8 Å². The minimum atomic E-state index is -3.82. The molecule has 3 heterocycles. The van der Waals surface area contributed by atoms with Crippen LogP contribution >= 0.6 is 15.9 Å². The lowest BCUT2D eigenvalue weighted by molar-refractivity contribution is 0.198. The molecule has 3 N–H and O–H groups in total. The fourth-order valence-corrected chi connectivity index (χ4v) is 4.25. The minimum absolute atomic E-state index is 0.00393. The molecule has 3 rings (SSSR count). The summed E-state index contributed by atoms with van der Waals surface area (Å²) in [7, 11) is -3.82. The smallest absolute Gasteiger partial charge is 0.224 e. The number of fused-ring (bicyclic) bond motifs is 1. The Labute approximate surface area is 175 Å². The number of rotatable bonds is 5. The maximum Gasteiger partial charge on any atom is 0.224 e.